The Balaban J connectivity index is 0. The van der Waals surface area contributed by atoms with Gasteiger partial charge in [-0.2, -0.15) is 0 Å². The van der Waals surface area contributed by atoms with Crippen LogP contribution in [0.2, 0.25) is 0 Å². The lowest BCUT2D eigenvalue weighted by molar-refractivity contribution is -0.148. The average molecular weight is 613 g/mol. The molecule has 0 aliphatic heterocycles. The molecule has 0 aromatic heterocycles. The van der Waals surface area contributed by atoms with Gasteiger partial charge in [-0.05, 0) is 31.2 Å². The van der Waals surface area contributed by atoms with Crippen LogP contribution < -0.4 is 0 Å². The second kappa shape index (κ2) is 29.5. The highest BCUT2D eigenvalue weighted by Crippen LogP contribution is 2.09. The maximum atomic E-state index is 11.0. The highest BCUT2D eigenvalue weighted by molar-refractivity contribution is 5.76. The molecule has 0 heterocycles. The normalized spacial score (nSPS) is 9.86. The standard InChI is InChI=1S/C11H12O4.2C10H18O4/c12-10(13)6-7-11(14)15-8-9-4-2-1-3-5-9;2*11-9(12)7-5-3-1-2-4-6-8-10(13)14/h1-5H,6-8H2,(H,12,13);2*1-8H2,(H,11,12)(H,13,14). The molecule has 1 aromatic rings. The molecule has 0 atom stereocenters. The van der Waals surface area contributed by atoms with Gasteiger partial charge in [-0.15, -0.1) is 0 Å². The van der Waals surface area contributed by atoms with Crippen LogP contribution in [-0.2, 0) is 40.1 Å². The molecule has 0 saturated heterocycles. The van der Waals surface area contributed by atoms with E-state index in [0.717, 1.165) is 82.6 Å². The van der Waals surface area contributed by atoms with Crippen molar-refractivity contribution in [3.8, 4) is 0 Å². The third-order valence-electron chi connectivity index (χ3n) is 5.85. The highest BCUT2D eigenvalue weighted by Gasteiger charge is 2.06. The number of unbranched alkanes of at least 4 members (excludes halogenated alkanes) is 10. The molecule has 0 spiro atoms. The Morgan fingerprint density at radius 1 is 0.419 bits per heavy atom. The van der Waals surface area contributed by atoms with Gasteiger partial charge in [-0.3, -0.25) is 28.8 Å². The lowest BCUT2D eigenvalue weighted by atomic mass is 10.1. The van der Waals surface area contributed by atoms with E-state index in [1.54, 1.807) is 0 Å². The summed E-state index contributed by atoms with van der Waals surface area (Å²) in [6.45, 7) is 0.194. The number of ether oxygens (including phenoxy) is 1. The first-order valence-corrected chi connectivity index (χ1v) is 14.7. The van der Waals surface area contributed by atoms with Gasteiger partial charge in [-0.25, -0.2) is 0 Å². The van der Waals surface area contributed by atoms with Crippen LogP contribution in [0.15, 0.2) is 30.3 Å². The second-order valence-electron chi connectivity index (χ2n) is 9.86. The van der Waals surface area contributed by atoms with Crippen molar-refractivity contribution in [3.63, 3.8) is 0 Å². The van der Waals surface area contributed by atoms with Gasteiger partial charge in [0, 0.05) is 25.7 Å². The zero-order chi connectivity index (χ0) is 32.7. The van der Waals surface area contributed by atoms with Crippen LogP contribution >= 0.6 is 0 Å². The van der Waals surface area contributed by atoms with Gasteiger partial charge in [0.15, 0.2) is 0 Å². The Kier molecular flexibility index (Phi) is 28.3. The van der Waals surface area contributed by atoms with Crippen molar-refractivity contribution in [2.45, 2.75) is 122 Å². The lowest BCUT2D eigenvalue weighted by Gasteiger charge is -2.03. The van der Waals surface area contributed by atoms with Crippen molar-refractivity contribution in [1.82, 2.24) is 0 Å². The summed E-state index contributed by atoms with van der Waals surface area (Å²) in [6, 6.07) is 9.24. The summed E-state index contributed by atoms with van der Waals surface area (Å²) in [5.74, 6) is -4.44. The molecule has 0 amide bonds. The number of esters is 1. The van der Waals surface area contributed by atoms with E-state index in [1.807, 2.05) is 30.3 Å². The maximum absolute atomic E-state index is 11.0. The summed E-state index contributed by atoms with van der Waals surface area (Å²) < 4.78 is 4.88. The molecule has 0 aliphatic carbocycles. The summed E-state index contributed by atoms with van der Waals surface area (Å²) in [5, 5.41) is 41.7. The molecule has 1 aromatic carbocycles. The molecule has 12 heteroatoms. The van der Waals surface area contributed by atoms with E-state index in [2.05, 4.69) is 0 Å². The van der Waals surface area contributed by atoms with Gasteiger partial charge >= 0.3 is 35.8 Å². The number of rotatable bonds is 23. The Bertz CT molecular complexity index is 835. The molecule has 0 aliphatic rings. The summed E-state index contributed by atoms with van der Waals surface area (Å²) >= 11 is 0. The van der Waals surface area contributed by atoms with Crippen molar-refractivity contribution in [2.24, 2.45) is 0 Å². The first-order chi connectivity index (χ1) is 20.4. The van der Waals surface area contributed by atoms with E-state index in [4.69, 9.17) is 30.3 Å². The molecule has 1 rings (SSSR count). The van der Waals surface area contributed by atoms with E-state index < -0.39 is 35.8 Å². The fourth-order valence-electron chi connectivity index (χ4n) is 3.54. The van der Waals surface area contributed by atoms with Crippen molar-refractivity contribution in [3.05, 3.63) is 35.9 Å². The van der Waals surface area contributed by atoms with Crippen LogP contribution in [-0.4, -0.2) is 61.3 Å². The number of carboxylic acids is 5. The largest absolute Gasteiger partial charge is 0.481 e. The Morgan fingerprint density at radius 3 is 1.02 bits per heavy atom. The molecule has 5 N–H and O–H groups in total. The quantitative estimate of drug-likeness (QED) is 0.0695. The zero-order valence-electron chi connectivity index (χ0n) is 24.9. The SMILES string of the molecule is O=C(O)CCC(=O)OCc1ccccc1.O=C(O)CCCCCCCCC(=O)O.O=C(O)CCCCCCCCC(=O)O. The van der Waals surface area contributed by atoms with Crippen LogP contribution in [0, 0.1) is 0 Å². The smallest absolute Gasteiger partial charge is 0.306 e. The molecule has 0 saturated carbocycles. The van der Waals surface area contributed by atoms with Gasteiger partial charge in [0.05, 0.1) is 12.8 Å². The molecule has 0 fully saturated rings. The third-order valence-corrected chi connectivity index (χ3v) is 5.85. The van der Waals surface area contributed by atoms with Gasteiger partial charge in [0.2, 0.25) is 0 Å². The van der Waals surface area contributed by atoms with E-state index >= 15 is 0 Å². The summed E-state index contributed by atoms with van der Waals surface area (Å²) in [6.07, 6.45) is 11.4. The van der Waals surface area contributed by atoms with Crippen LogP contribution in [0.1, 0.15) is 121 Å². The first-order valence-electron chi connectivity index (χ1n) is 14.7. The third kappa shape index (κ3) is 38.0. The van der Waals surface area contributed by atoms with Gasteiger partial charge in [0.25, 0.3) is 0 Å². The van der Waals surface area contributed by atoms with E-state index in [1.165, 1.54) is 0 Å². The molecule has 43 heavy (non-hydrogen) atoms. The van der Waals surface area contributed by atoms with E-state index in [9.17, 15) is 28.8 Å². The van der Waals surface area contributed by atoms with Crippen LogP contribution in [0.5, 0.6) is 0 Å². The van der Waals surface area contributed by atoms with Crippen molar-refractivity contribution < 1.29 is 59.0 Å². The number of hydrogen-bond acceptors (Lipinski definition) is 7. The average Bonchev–Trinajstić information content (AvgIpc) is 2.94. The minimum absolute atomic E-state index is 0.0812. The molecule has 244 valence electrons. The first kappa shape index (κ1) is 41.2. The molecule has 0 unspecified atom stereocenters. The molecule has 0 radical (unpaired) electrons. The van der Waals surface area contributed by atoms with Crippen LogP contribution in [0.25, 0.3) is 0 Å². The van der Waals surface area contributed by atoms with Gasteiger partial charge in [-0.1, -0.05) is 81.7 Å². The van der Waals surface area contributed by atoms with Crippen molar-refractivity contribution in [2.75, 3.05) is 0 Å². The number of benzene rings is 1. The Labute approximate surface area is 253 Å². The zero-order valence-corrected chi connectivity index (χ0v) is 24.9. The van der Waals surface area contributed by atoms with Crippen molar-refractivity contribution >= 4 is 35.8 Å². The summed E-state index contributed by atoms with van der Waals surface area (Å²) in [4.78, 5) is 61.8. The van der Waals surface area contributed by atoms with Gasteiger partial charge < -0.3 is 30.3 Å². The van der Waals surface area contributed by atoms with E-state index in [-0.39, 0.29) is 45.1 Å². The fourth-order valence-corrected chi connectivity index (χ4v) is 3.54. The van der Waals surface area contributed by atoms with Crippen molar-refractivity contribution in [1.29, 1.82) is 0 Å². The molecule has 0 bridgehead atoms. The lowest BCUT2D eigenvalue weighted by Crippen LogP contribution is -2.07. The summed E-state index contributed by atoms with van der Waals surface area (Å²) in [7, 11) is 0. The number of carbonyl (C=O) groups excluding carboxylic acids is 1. The predicted molar refractivity (Wildman–Crippen MR) is 158 cm³/mol. The number of carboxylic acid groups (broad SMARTS) is 5. The highest BCUT2D eigenvalue weighted by atomic mass is 16.5. The molecular formula is C31H48O12. The predicted octanol–water partition coefficient (Wildman–Crippen LogP) is 6.15. The minimum atomic E-state index is -0.994. The number of hydrogen-bond donors (Lipinski definition) is 5. The topological polar surface area (TPSA) is 213 Å². The molecule has 12 nitrogen and oxygen atoms in total. The minimum Gasteiger partial charge on any atom is -0.481 e. The van der Waals surface area contributed by atoms with E-state index in [0.29, 0.717) is 0 Å². The van der Waals surface area contributed by atoms with Crippen LogP contribution in [0.4, 0.5) is 0 Å². The summed E-state index contributed by atoms with van der Waals surface area (Å²) in [5.41, 5.74) is 0.890. The maximum Gasteiger partial charge on any atom is 0.306 e. The Hall–Kier alpha value is -3.96. The monoisotopic (exact) mass is 612 g/mol. The second-order valence-corrected chi connectivity index (χ2v) is 9.86. The molecular weight excluding hydrogens is 564 g/mol. The number of carbonyl (C=O) groups is 6. The fraction of sp³-hybridized carbons (Fsp3) is 0.613. The Morgan fingerprint density at radius 2 is 0.721 bits per heavy atom. The van der Waals surface area contributed by atoms with Gasteiger partial charge in [0.1, 0.15) is 6.61 Å². The van der Waals surface area contributed by atoms with Crippen LogP contribution in [0.3, 0.4) is 0 Å². The number of aliphatic carboxylic acids is 5.